The molecule has 0 radical (unpaired) electrons. The number of amidine groups is 1. The van der Waals surface area contributed by atoms with Crippen LogP contribution in [0.2, 0.25) is 0 Å². The van der Waals surface area contributed by atoms with Crippen LogP contribution in [0.1, 0.15) is 56.3 Å². The Morgan fingerprint density at radius 2 is 2.03 bits per heavy atom. The average molecular weight is 474 g/mol. The zero-order valence-corrected chi connectivity index (χ0v) is 21.5. The van der Waals surface area contributed by atoms with Gasteiger partial charge in [0.1, 0.15) is 17.7 Å². The Balaban J connectivity index is 1.35. The quantitative estimate of drug-likeness (QED) is 0.603. The van der Waals surface area contributed by atoms with E-state index in [0.29, 0.717) is 12.1 Å². The van der Waals surface area contributed by atoms with Crippen molar-refractivity contribution in [3.8, 4) is 6.07 Å². The van der Waals surface area contributed by atoms with Gasteiger partial charge in [0, 0.05) is 31.9 Å². The van der Waals surface area contributed by atoms with E-state index < -0.39 is 0 Å². The molecule has 1 aliphatic carbocycles. The summed E-state index contributed by atoms with van der Waals surface area (Å²) in [5.74, 6) is 2.08. The zero-order valence-electron chi connectivity index (χ0n) is 21.5. The van der Waals surface area contributed by atoms with Gasteiger partial charge in [-0.05, 0) is 82.9 Å². The van der Waals surface area contributed by atoms with E-state index in [4.69, 9.17) is 9.98 Å². The molecule has 3 atom stereocenters. The van der Waals surface area contributed by atoms with Crippen molar-refractivity contribution < 1.29 is 0 Å². The summed E-state index contributed by atoms with van der Waals surface area (Å²) in [6.07, 6.45) is 15.1. The Morgan fingerprint density at radius 1 is 1.20 bits per heavy atom. The summed E-state index contributed by atoms with van der Waals surface area (Å²) < 4.78 is 0. The lowest BCUT2D eigenvalue weighted by molar-refractivity contribution is 0.136. The molecule has 0 aromatic carbocycles. The van der Waals surface area contributed by atoms with Crippen molar-refractivity contribution in [1.29, 1.82) is 5.26 Å². The number of aromatic nitrogens is 1. The maximum absolute atomic E-state index is 10.3. The van der Waals surface area contributed by atoms with E-state index >= 15 is 0 Å². The second kappa shape index (κ2) is 10.5. The molecule has 186 valence electrons. The highest BCUT2D eigenvalue weighted by Gasteiger charge is 2.42. The van der Waals surface area contributed by atoms with Crippen LogP contribution >= 0.6 is 0 Å². The molecule has 4 heterocycles. The molecule has 1 fully saturated rings. The Morgan fingerprint density at radius 3 is 2.77 bits per heavy atom. The summed E-state index contributed by atoms with van der Waals surface area (Å²) >= 11 is 0. The first-order chi connectivity index (χ1) is 17.1. The molecular weight excluding hydrogens is 434 g/mol. The number of aliphatic imine (C=N–C) groups is 1. The summed E-state index contributed by atoms with van der Waals surface area (Å²) in [4.78, 5) is 19.5. The predicted octanol–water partition coefficient (Wildman–Crippen LogP) is 3.58. The lowest BCUT2D eigenvalue weighted by Crippen LogP contribution is -2.50. The van der Waals surface area contributed by atoms with Gasteiger partial charge < -0.3 is 9.80 Å². The van der Waals surface area contributed by atoms with Crippen LogP contribution in [0.4, 0.5) is 0 Å². The molecule has 7 heteroatoms. The lowest BCUT2D eigenvalue weighted by atomic mass is 9.90. The SMILES string of the molecule is CCCN(CC1N=C2C=CC=C(N3CCC(N(C)C)CC3)N2C1C#N)[C@H]1CCCc2cccnc21. The largest absolute Gasteiger partial charge is 0.358 e. The summed E-state index contributed by atoms with van der Waals surface area (Å²) in [5, 5.41) is 10.3. The maximum atomic E-state index is 10.3. The number of allylic oxidation sites excluding steroid dienone is 2. The number of piperidine rings is 1. The molecule has 35 heavy (non-hydrogen) atoms. The third-order valence-electron chi connectivity index (χ3n) is 8.11. The molecule has 1 aromatic rings. The fraction of sp³-hybridized carbons (Fsp3) is 0.607. The first-order valence-electron chi connectivity index (χ1n) is 13.3. The third kappa shape index (κ3) is 4.74. The Bertz CT molecular complexity index is 1030. The van der Waals surface area contributed by atoms with Gasteiger partial charge in [-0.1, -0.05) is 19.1 Å². The molecule has 4 aliphatic rings. The summed E-state index contributed by atoms with van der Waals surface area (Å²) in [6, 6.07) is 7.52. The molecule has 1 aromatic heterocycles. The van der Waals surface area contributed by atoms with E-state index in [2.05, 4.69) is 77.0 Å². The second-order valence-corrected chi connectivity index (χ2v) is 10.5. The van der Waals surface area contributed by atoms with Crippen LogP contribution in [0, 0.1) is 11.3 Å². The summed E-state index contributed by atoms with van der Waals surface area (Å²) in [7, 11) is 4.35. The Kier molecular flexibility index (Phi) is 7.22. The highest BCUT2D eigenvalue weighted by Crippen LogP contribution is 2.35. The smallest absolute Gasteiger partial charge is 0.147 e. The Labute approximate surface area is 210 Å². The van der Waals surface area contributed by atoms with Crippen molar-refractivity contribution in [1.82, 2.24) is 24.6 Å². The van der Waals surface area contributed by atoms with Gasteiger partial charge in [-0.3, -0.25) is 19.8 Å². The normalized spacial score (nSPS) is 26.5. The molecule has 0 saturated carbocycles. The minimum Gasteiger partial charge on any atom is -0.358 e. The van der Waals surface area contributed by atoms with E-state index in [1.807, 2.05) is 6.20 Å². The van der Waals surface area contributed by atoms with Crippen LogP contribution in [0.3, 0.4) is 0 Å². The molecule has 1 saturated heterocycles. The van der Waals surface area contributed by atoms with Gasteiger partial charge in [0.2, 0.25) is 0 Å². The van der Waals surface area contributed by atoms with Gasteiger partial charge in [-0.15, -0.1) is 0 Å². The van der Waals surface area contributed by atoms with E-state index in [-0.39, 0.29) is 12.1 Å². The van der Waals surface area contributed by atoms with Crippen molar-refractivity contribution in [3.63, 3.8) is 0 Å². The number of aryl methyl sites for hydroxylation is 1. The minimum atomic E-state index is -0.279. The van der Waals surface area contributed by atoms with Gasteiger partial charge in [0.15, 0.2) is 0 Å². The molecule has 0 bridgehead atoms. The fourth-order valence-corrected chi connectivity index (χ4v) is 6.30. The van der Waals surface area contributed by atoms with Crippen molar-refractivity contribution in [2.24, 2.45) is 4.99 Å². The first-order valence-corrected chi connectivity index (χ1v) is 13.3. The molecule has 2 unspecified atom stereocenters. The third-order valence-corrected chi connectivity index (χ3v) is 8.11. The number of pyridine rings is 1. The molecular formula is C28H39N7. The van der Waals surface area contributed by atoms with Gasteiger partial charge in [-0.2, -0.15) is 5.26 Å². The highest BCUT2D eigenvalue weighted by atomic mass is 15.4. The summed E-state index contributed by atoms with van der Waals surface area (Å²) in [5.41, 5.74) is 2.61. The van der Waals surface area contributed by atoms with Crippen molar-refractivity contribution in [2.75, 3.05) is 40.3 Å². The van der Waals surface area contributed by atoms with Crippen LogP contribution in [0.25, 0.3) is 0 Å². The van der Waals surface area contributed by atoms with Crippen LogP contribution in [-0.2, 0) is 6.42 Å². The lowest BCUT2D eigenvalue weighted by Gasteiger charge is -2.42. The van der Waals surface area contributed by atoms with Crippen molar-refractivity contribution in [3.05, 3.63) is 53.6 Å². The molecule has 5 rings (SSSR count). The number of rotatable bonds is 7. The number of hydrogen-bond acceptors (Lipinski definition) is 7. The van der Waals surface area contributed by atoms with E-state index in [1.54, 1.807) is 0 Å². The number of hydrogen-bond donors (Lipinski definition) is 0. The van der Waals surface area contributed by atoms with Gasteiger partial charge >= 0.3 is 0 Å². The van der Waals surface area contributed by atoms with Crippen molar-refractivity contribution in [2.45, 2.75) is 69.6 Å². The highest BCUT2D eigenvalue weighted by molar-refractivity contribution is 5.97. The monoisotopic (exact) mass is 473 g/mol. The molecule has 3 aliphatic heterocycles. The Hall–Kier alpha value is -2.69. The predicted molar refractivity (Wildman–Crippen MR) is 140 cm³/mol. The van der Waals surface area contributed by atoms with E-state index in [0.717, 1.165) is 69.9 Å². The number of nitriles is 1. The molecule has 0 N–H and O–H groups in total. The van der Waals surface area contributed by atoms with Gasteiger partial charge in [0.05, 0.1) is 23.8 Å². The number of fused-ring (bicyclic) bond motifs is 2. The van der Waals surface area contributed by atoms with Crippen molar-refractivity contribution >= 4 is 5.84 Å². The fourth-order valence-electron chi connectivity index (χ4n) is 6.30. The van der Waals surface area contributed by atoms with Crippen LogP contribution in [0.5, 0.6) is 0 Å². The van der Waals surface area contributed by atoms with E-state index in [9.17, 15) is 5.26 Å². The molecule has 7 nitrogen and oxygen atoms in total. The number of nitrogens with zero attached hydrogens (tertiary/aromatic N) is 7. The topological polar surface area (TPSA) is 62.0 Å². The van der Waals surface area contributed by atoms with Gasteiger partial charge in [0.25, 0.3) is 0 Å². The average Bonchev–Trinajstić information content (AvgIpc) is 3.25. The standard InChI is InChI=1S/C28H39N7/c1-4-16-34(24-10-5-8-21-9-7-15-30-28(21)24)20-23-25(19-29)35-26(31-23)11-6-12-27(35)33-17-13-22(14-18-33)32(2)3/h6-7,9,11-12,15,22-25H,4-5,8,10,13-14,16-18,20H2,1-3H3/t23?,24-,25?/m0/s1. The van der Waals surface area contributed by atoms with E-state index in [1.165, 1.54) is 17.7 Å². The van der Waals surface area contributed by atoms with Crippen LogP contribution in [0.15, 0.2) is 47.4 Å². The molecule has 0 amide bonds. The summed E-state index contributed by atoms with van der Waals surface area (Å²) in [6.45, 7) is 6.05. The van der Waals surface area contributed by atoms with Crippen LogP contribution in [-0.4, -0.2) is 88.8 Å². The minimum absolute atomic E-state index is 0.0684. The van der Waals surface area contributed by atoms with Gasteiger partial charge in [-0.25, -0.2) is 0 Å². The molecule has 0 spiro atoms. The van der Waals surface area contributed by atoms with Crippen LogP contribution < -0.4 is 0 Å². The first kappa shape index (κ1) is 24.0. The maximum Gasteiger partial charge on any atom is 0.147 e. The zero-order chi connectivity index (χ0) is 24.4. The number of likely N-dealkylation sites (tertiary alicyclic amines) is 1. The second-order valence-electron chi connectivity index (χ2n) is 10.5.